The van der Waals surface area contributed by atoms with Gasteiger partial charge in [0, 0.05) is 17.5 Å². The van der Waals surface area contributed by atoms with Crippen molar-refractivity contribution >= 4 is 11.3 Å². The van der Waals surface area contributed by atoms with E-state index in [4.69, 9.17) is 0 Å². The average Bonchev–Trinajstić information content (AvgIpc) is 2.48. The Morgan fingerprint density at radius 3 is 2.71 bits per heavy atom. The molecule has 2 unspecified atom stereocenters. The van der Waals surface area contributed by atoms with Gasteiger partial charge in [0.15, 0.2) is 0 Å². The molecular formula is C11H19NOS. The second-order valence-electron chi connectivity index (χ2n) is 4.23. The highest BCUT2D eigenvalue weighted by atomic mass is 32.1. The Morgan fingerprint density at radius 1 is 1.64 bits per heavy atom. The van der Waals surface area contributed by atoms with Crippen molar-refractivity contribution < 1.29 is 5.11 Å². The first-order valence-corrected chi connectivity index (χ1v) is 5.97. The van der Waals surface area contributed by atoms with Crippen LogP contribution in [0.1, 0.15) is 37.9 Å². The lowest BCUT2D eigenvalue weighted by molar-refractivity contribution is 0.00512. The van der Waals surface area contributed by atoms with Crippen LogP contribution in [0.25, 0.3) is 0 Å². The lowest BCUT2D eigenvalue weighted by atomic mass is 9.86. The highest BCUT2D eigenvalue weighted by Crippen LogP contribution is 2.25. The van der Waals surface area contributed by atoms with E-state index in [9.17, 15) is 5.11 Å². The molecule has 2 atom stereocenters. The minimum Gasteiger partial charge on any atom is -0.389 e. The molecule has 0 aliphatic carbocycles. The van der Waals surface area contributed by atoms with Crippen molar-refractivity contribution in [3.63, 3.8) is 0 Å². The van der Waals surface area contributed by atoms with Gasteiger partial charge in [-0.1, -0.05) is 20.3 Å². The zero-order valence-corrected chi connectivity index (χ0v) is 10.2. The molecule has 0 spiro atoms. The molecule has 0 aromatic carbocycles. The van der Waals surface area contributed by atoms with Crippen molar-refractivity contribution in [2.75, 3.05) is 0 Å². The molecule has 1 N–H and O–H groups in total. The summed E-state index contributed by atoms with van der Waals surface area (Å²) in [6.07, 6.45) is 1.66. The van der Waals surface area contributed by atoms with E-state index in [0.717, 1.165) is 17.1 Å². The maximum absolute atomic E-state index is 10.2. The molecule has 1 heterocycles. The zero-order chi connectivity index (χ0) is 10.8. The zero-order valence-electron chi connectivity index (χ0n) is 9.37. The minimum absolute atomic E-state index is 0.312. The van der Waals surface area contributed by atoms with E-state index in [1.807, 2.05) is 19.2 Å². The SMILES string of the molecule is CCC(C)C(C)(O)Cc1nc(C)cs1. The number of aliphatic hydroxyl groups is 1. The van der Waals surface area contributed by atoms with Gasteiger partial charge in [-0.2, -0.15) is 0 Å². The summed E-state index contributed by atoms with van der Waals surface area (Å²) in [5, 5.41) is 13.3. The number of nitrogens with zero attached hydrogens (tertiary/aromatic N) is 1. The first kappa shape index (κ1) is 11.7. The van der Waals surface area contributed by atoms with Crippen molar-refractivity contribution in [3.05, 3.63) is 16.1 Å². The largest absolute Gasteiger partial charge is 0.389 e. The lowest BCUT2D eigenvalue weighted by Crippen LogP contribution is -2.34. The third-order valence-electron chi connectivity index (χ3n) is 2.85. The molecule has 3 heteroatoms. The van der Waals surface area contributed by atoms with Crippen LogP contribution in [0.3, 0.4) is 0 Å². The Balaban J connectivity index is 2.67. The number of thiazole rings is 1. The van der Waals surface area contributed by atoms with Crippen LogP contribution in [0.2, 0.25) is 0 Å². The van der Waals surface area contributed by atoms with Crippen LogP contribution in [0.5, 0.6) is 0 Å². The molecule has 0 amide bonds. The van der Waals surface area contributed by atoms with Crippen LogP contribution >= 0.6 is 11.3 Å². The molecule has 0 radical (unpaired) electrons. The second kappa shape index (κ2) is 4.41. The number of rotatable bonds is 4. The topological polar surface area (TPSA) is 33.1 Å². The number of aromatic nitrogens is 1. The van der Waals surface area contributed by atoms with Crippen LogP contribution < -0.4 is 0 Å². The standard InChI is InChI=1S/C11H19NOS/c1-5-8(2)11(4,13)6-10-12-9(3)7-14-10/h7-8,13H,5-6H2,1-4H3. The van der Waals surface area contributed by atoms with Gasteiger partial charge in [-0.15, -0.1) is 11.3 Å². The molecule has 1 rings (SSSR count). The summed E-state index contributed by atoms with van der Waals surface area (Å²) < 4.78 is 0. The van der Waals surface area contributed by atoms with Crippen molar-refractivity contribution in [2.45, 2.75) is 46.1 Å². The Labute approximate surface area is 90.0 Å². The van der Waals surface area contributed by atoms with Crippen molar-refractivity contribution in [1.82, 2.24) is 4.98 Å². The quantitative estimate of drug-likeness (QED) is 0.834. The summed E-state index contributed by atoms with van der Waals surface area (Å²) in [6, 6.07) is 0. The van der Waals surface area contributed by atoms with Crippen LogP contribution in [0, 0.1) is 12.8 Å². The Morgan fingerprint density at radius 2 is 2.29 bits per heavy atom. The van der Waals surface area contributed by atoms with E-state index >= 15 is 0 Å². The first-order valence-electron chi connectivity index (χ1n) is 5.09. The molecule has 14 heavy (non-hydrogen) atoms. The maximum atomic E-state index is 10.2. The van der Waals surface area contributed by atoms with Gasteiger partial charge in [-0.3, -0.25) is 0 Å². The van der Waals surface area contributed by atoms with Crippen LogP contribution in [-0.4, -0.2) is 15.7 Å². The van der Waals surface area contributed by atoms with Crippen molar-refractivity contribution in [3.8, 4) is 0 Å². The maximum Gasteiger partial charge on any atom is 0.0956 e. The van der Waals surface area contributed by atoms with Crippen molar-refractivity contribution in [1.29, 1.82) is 0 Å². The Hall–Kier alpha value is -0.410. The smallest absolute Gasteiger partial charge is 0.0956 e. The van der Waals surface area contributed by atoms with Gasteiger partial charge in [0.1, 0.15) is 0 Å². The summed E-state index contributed by atoms with van der Waals surface area (Å²) in [6.45, 7) is 8.07. The fourth-order valence-corrected chi connectivity index (χ4v) is 2.34. The highest BCUT2D eigenvalue weighted by Gasteiger charge is 2.28. The first-order chi connectivity index (χ1) is 6.45. The highest BCUT2D eigenvalue weighted by molar-refractivity contribution is 7.09. The van der Waals surface area contributed by atoms with E-state index in [1.165, 1.54) is 0 Å². The molecule has 0 saturated heterocycles. The fourth-order valence-electron chi connectivity index (χ4n) is 1.40. The van der Waals surface area contributed by atoms with E-state index in [2.05, 4.69) is 18.8 Å². The number of hydrogen-bond acceptors (Lipinski definition) is 3. The van der Waals surface area contributed by atoms with Gasteiger partial charge in [-0.25, -0.2) is 4.98 Å². The fraction of sp³-hybridized carbons (Fsp3) is 0.727. The van der Waals surface area contributed by atoms with Gasteiger partial charge in [-0.05, 0) is 19.8 Å². The summed E-state index contributed by atoms with van der Waals surface area (Å²) in [5.74, 6) is 0.312. The van der Waals surface area contributed by atoms with E-state index in [0.29, 0.717) is 12.3 Å². The Kier molecular flexibility index (Phi) is 3.67. The van der Waals surface area contributed by atoms with Gasteiger partial charge in [0.2, 0.25) is 0 Å². The number of aryl methyl sites for hydroxylation is 1. The van der Waals surface area contributed by atoms with E-state index in [-0.39, 0.29) is 0 Å². The van der Waals surface area contributed by atoms with Gasteiger partial charge in [0.25, 0.3) is 0 Å². The normalized spacial score (nSPS) is 17.8. The second-order valence-corrected chi connectivity index (χ2v) is 5.17. The van der Waals surface area contributed by atoms with E-state index in [1.54, 1.807) is 11.3 Å². The monoisotopic (exact) mass is 213 g/mol. The molecule has 0 fully saturated rings. The average molecular weight is 213 g/mol. The molecule has 0 bridgehead atoms. The van der Waals surface area contributed by atoms with Crippen molar-refractivity contribution in [2.24, 2.45) is 5.92 Å². The van der Waals surface area contributed by atoms with Gasteiger partial charge >= 0.3 is 0 Å². The third kappa shape index (κ3) is 2.79. The van der Waals surface area contributed by atoms with Gasteiger partial charge < -0.3 is 5.11 Å². The molecule has 0 aliphatic rings. The third-order valence-corrected chi connectivity index (χ3v) is 3.82. The summed E-state index contributed by atoms with van der Waals surface area (Å²) >= 11 is 1.63. The predicted molar refractivity (Wildman–Crippen MR) is 60.6 cm³/mol. The van der Waals surface area contributed by atoms with Crippen LogP contribution in [0.4, 0.5) is 0 Å². The minimum atomic E-state index is -0.626. The van der Waals surface area contributed by atoms with Crippen LogP contribution in [-0.2, 0) is 6.42 Å². The molecule has 2 nitrogen and oxygen atoms in total. The summed E-state index contributed by atoms with van der Waals surface area (Å²) in [5.41, 5.74) is 0.420. The van der Waals surface area contributed by atoms with Crippen LogP contribution in [0.15, 0.2) is 5.38 Å². The molecule has 1 aromatic rings. The summed E-state index contributed by atoms with van der Waals surface area (Å²) in [7, 11) is 0. The Bertz CT molecular complexity index is 293. The summed E-state index contributed by atoms with van der Waals surface area (Å²) in [4.78, 5) is 4.37. The van der Waals surface area contributed by atoms with E-state index < -0.39 is 5.60 Å². The lowest BCUT2D eigenvalue weighted by Gasteiger charge is -2.28. The number of hydrogen-bond donors (Lipinski definition) is 1. The molecule has 80 valence electrons. The predicted octanol–water partition coefficient (Wildman–Crippen LogP) is 2.79. The van der Waals surface area contributed by atoms with Gasteiger partial charge in [0.05, 0.1) is 10.6 Å². The molecule has 1 aromatic heterocycles. The molecular weight excluding hydrogens is 194 g/mol. The molecule has 0 aliphatic heterocycles. The molecule has 0 saturated carbocycles.